The van der Waals surface area contributed by atoms with E-state index in [2.05, 4.69) is 10.6 Å². The monoisotopic (exact) mass is 334 g/mol. The van der Waals surface area contributed by atoms with Gasteiger partial charge >= 0.3 is 6.03 Å². The predicted molar refractivity (Wildman–Crippen MR) is 83.9 cm³/mol. The predicted octanol–water partition coefficient (Wildman–Crippen LogP) is 2.75. The summed E-state index contributed by atoms with van der Waals surface area (Å²) in [7, 11) is 1.57. The highest BCUT2D eigenvalue weighted by atomic mass is 35.5. The Morgan fingerprint density at radius 3 is 2.43 bits per heavy atom. The SMILES string of the molecule is COC(C)(C)CNC(=O)NCC(O)c1c(Cl)cccc1Cl. The number of ether oxygens (including phenoxy) is 1. The maximum Gasteiger partial charge on any atom is 0.314 e. The molecule has 1 aromatic rings. The van der Waals surface area contributed by atoms with Gasteiger partial charge in [0.15, 0.2) is 0 Å². The van der Waals surface area contributed by atoms with Gasteiger partial charge in [-0.15, -0.1) is 0 Å². The van der Waals surface area contributed by atoms with Crippen molar-refractivity contribution < 1.29 is 14.6 Å². The summed E-state index contributed by atoms with van der Waals surface area (Å²) in [5.41, 5.74) is -0.0551. The first-order valence-electron chi connectivity index (χ1n) is 6.45. The standard InChI is InChI=1S/C14H20Cl2N2O3/c1-14(2,21-3)8-18-13(20)17-7-11(19)12-9(15)5-4-6-10(12)16/h4-6,11,19H,7-8H2,1-3H3,(H2,17,18,20). The largest absolute Gasteiger partial charge is 0.386 e. The van der Waals surface area contributed by atoms with Gasteiger partial charge in [0.05, 0.1) is 11.7 Å². The van der Waals surface area contributed by atoms with Crippen molar-refractivity contribution >= 4 is 29.2 Å². The summed E-state index contributed by atoms with van der Waals surface area (Å²) < 4.78 is 5.19. The van der Waals surface area contributed by atoms with Gasteiger partial charge in [0.1, 0.15) is 0 Å². The number of halogens is 2. The summed E-state index contributed by atoms with van der Waals surface area (Å²) in [6, 6.07) is 4.55. The minimum absolute atomic E-state index is 0.00268. The Kier molecular flexibility index (Phi) is 6.74. The van der Waals surface area contributed by atoms with Gasteiger partial charge in [0.25, 0.3) is 0 Å². The molecule has 118 valence electrons. The van der Waals surface area contributed by atoms with Crippen LogP contribution in [0.15, 0.2) is 18.2 Å². The zero-order chi connectivity index (χ0) is 16.0. The Labute approximate surface area is 134 Å². The third-order valence-corrected chi connectivity index (χ3v) is 3.68. The van der Waals surface area contributed by atoms with E-state index in [0.29, 0.717) is 22.2 Å². The summed E-state index contributed by atoms with van der Waals surface area (Å²) in [6.45, 7) is 4.05. The molecule has 1 rings (SSSR count). The number of hydrogen-bond donors (Lipinski definition) is 3. The van der Waals surface area contributed by atoms with Crippen molar-refractivity contribution in [1.29, 1.82) is 0 Å². The molecule has 0 aliphatic carbocycles. The fraction of sp³-hybridized carbons (Fsp3) is 0.500. The Bertz CT molecular complexity index is 475. The van der Waals surface area contributed by atoms with Crippen molar-refractivity contribution in [3.63, 3.8) is 0 Å². The Morgan fingerprint density at radius 1 is 1.33 bits per heavy atom. The van der Waals surface area contributed by atoms with Crippen LogP contribution in [0.1, 0.15) is 25.5 Å². The average molecular weight is 335 g/mol. The molecule has 5 nitrogen and oxygen atoms in total. The highest BCUT2D eigenvalue weighted by Gasteiger charge is 2.19. The molecule has 1 atom stereocenters. The molecule has 21 heavy (non-hydrogen) atoms. The number of hydrogen-bond acceptors (Lipinski definition) is 3. The van der Waals surface area contributed by atoms with E-state index in [0.717, 1.165) is 0 Å². The number of urea groups is 1. The molecule has 0 radical (unpaired) electrons. The first kappa shape index (κ1) is 18.0. The average Bonchev–Trinajstić information content (AvgIpc) is 2.43. The first-order valence-corrected chi connectivity index (χ1v) is 7.21. The van der Waals surface area contributed by atoms with Crippen molar-refractivity contribution in [2.45, 2.75) is 25.6 Å². The van der Waals surface area contributed by atoms with Gasteiger partial charge < -0.3 is 20.5 Å². The number of amides is 2. The molecule has 0 aliphatic heterocycles. The minimum atomic E-state index is -0.979. The van der Waals surface area contributed by atoms with E-state index in [1.54, 1.807) is 25.3 Å². The molecule has 0 saturated carbocycles. The quantitative estimate of drug-likeness (QED) is 0.749. The topological polar surface area (TPSA) is 70.6 Å². The van der Waals surface area contributed by atoms with Crippen molar-refractivity contribution in [2.24, 2.45) is 0 Å². The Balaban J connectivity index is 2.50. The van der Waals surface area contributed by atoms with E-state index in [1.165, 1.54) is 0 Å². The van der Waals surface area contributed by atoms with Crippen molar-refractivity contribution in [2.75, 3.05) is 20.2 Å². The van der Waals surface area contributed by atoms with E-state index < -0.39 is 17.7 Å². The van der Waals surface area contributed by atoms with Crippen LogP contribution in [-0.4, -0.2) is 36.9 Å². The summed E-state index contributed by atoms with van der Waals surface area (Å²) in [5.74, 6) is 0. The number of carbonyl (C=O) groups is 1. The Morgan fingerprint density at radius 2 is 1.90 bits per heavy atom. The first-order chi connectivity index (χ1) is 9.76. The maximum absolute atomic E-state index is 11.7. The molecule has 0 fully saturated rings. The number of aliphatic hydroxyl groups excluding tert-OH is 1. The van der Waals surface area contributed by atoms with Crippen LogP contribution in [0.2, 0.25) is 10.0 Å². The van der Waals surface area contributed by atoms with Crippen LogP contribution in [0, 0.1) is 0 Å². The van der Waals surface area contributed by atoms with Gasteiger partial charge in [-0.05, 0) is 26.0 Å². The molecule has 0 bridgehead atoms. The van der Waals surface area contributed by atoms with Crippen LogP contribution in [0.4, 0.5) is 4.79 Å². The van der Waals surface area contributed by atoms with E-state index in [4.69, 9.17) is 27.9 Å². The van der Waals surface area contributed by atoms with Crippen LogP contribution in [0.3, 0.4) is 0 Å². The number of methoxy groups -OCH3 is 1. The van der Waals surface area contributed by atoms with E-state index in [1.807, 2.05) is 13.8 Å². The summed E-state index contributed by atoms with van der Waals surface area (Å²) in [6.07, 6.45) is -0.979. The molecule has 3 N–H and O–H groups in total. The Hall–Kier alpha value is -1.01. The molecular formula is C14H20Cl2N2O3. The lowest BCUT2D eigenvalue weighted by atomic mass is 10.1. The van der Waals surface area contributed by atoms with Crippen molar-refractivity contribution in [1.82, 2.24) is 10.6 Å². The van der Waals surface area contributed by atoms with Gasteiger partial charge in [0, 0.05) is 35.8 Å². The highest BCUT2D eigenvalue weighted by molar-refractivity contribution is 6.36. The minimum Gasteiger partial charge on any atom is -0.386 e. The lowest BCUT2D eigenvalue weighted by Crippen LogP contribution is -2.45. The maximum atomic E-state index is 11.7. The normalized spacial score (nSPS) is 12.9. The molecule has 2 amide bonds. The molecule has 0 aliphatic rings. The second kappa shape index (κ2) is 7.84. The second-order valence-electron chi connectivity index (χ2n) is 5.18. The highest BCUT2D eigenvalue weighted by Crippen LogP contribution is 2.29. The number of nitrogens with one attached hydrogen (secondary N) is 2. The van der Waals surface area contributed by atoms with E-state index in [-0.39, 0.29) is 6.54 Å². The fourth-order valence-electron chi connectivity index (χ4n) is 1.55. The van der Waals surface area contributed by atoms with Gasteiger partial charge in [-0.1, -0.05) is 29.3 Å². The summed E-state index contributed by atoms with van der Waals surface area (Å²) in [5, 5.41) is 16.0. The molecule has 1 unspecified atom stereocenters. The van der Waals surface area contributed by atoms with Crippen LogP contribution in [-0.2, 0) is 4.74 Å². The molecule has 0 saturated heterocycles. The molecular weight excluding hydrogens is 315 g/mol. The van der Waals surface area contributed by atoms with Gasteiger partial charge in [0.2, 0.25) is 0 Å². The molecule has 7 heteroatoms. The van der Waals surface area contributed by atoms with Crippen LogP contribution in [0.5, 0.6) is 0 Å². The molecule has 1 aromatic carbocycles. The van der Waals surface area contributed by atoms with Crippen molar-refractivity contribution in [3.8, 4) is 0 Å². The second-order valence-corrected chi connectivity index (χ2v) is 5.99. The third-order valence-electron chi connectivity index (χ3n) is 3.02. The van der Waals surface area contributed by atoms with Gasteiger partial charge in [-0.25, -0.2) is 4.79 Å². The summed E-state index contributed by atoms with van der Waals surface area (Å²) >= 11 is 12.0. The molecule has 0 spiro atoms. The zero-order valence-electron chi connectivity index (χ0n) is 12.2. The number of carbonyl (C=O) groups excluding carboxylic acids is 1. The van der Waals surface area contributed by atoms with Gasteiger partial charge in [-0.3, -0.25) is 0 Å². The van der Waals surface area contributed by atoms with Crippen LogP contribution < -0.4 is 10.6 Å². The van der Waals surface area contributed by atoms with Crippen molar-refractivity contribution in [3.05, 3.63) is 33.8 Å². The number of aliphatic hydroxyl groups is 1. The third kappa shape index (κ3) is 5.71. The van der Waals surface area contributed by atoms with Crippen LogP contribution >= 0.6 is 23.2 Å². The number of benzene rings is 1. The molecule has 0 aromatic heterocycles. The lowest BCUT2D eigenvalue weighted by molar-refractivity contribution is 0.0253. The number of rotatable bonds is 6. The smallest absolute Gasteiger partial charge is 0.314 e. The van der Waals surface area contributed by atoms with Crippen LogP contribution in [0.25, 0.3) is 0 Å². The van der Waals surface area contributed by atoms with E-state index in [9.17, 15) is 9.90 Å². The fourth-order valence-corrected chi connectivity index (χ4v) is 2.20. The molecule has 0 heterocycles. The van der Waals surface area contributed by atoms with E-state index >= 15 is 0 Å². The lowest BCUT2D eigenvalue weighted by Gasteiger charge is -2.23. The van der Waals surface area contributed by atoms with Gasteiger partial charge in [-0.2, -0.15) is 0 Å². The zero-order valence-corrected chi connectivity index (χ0v) is 13.8. The summed E-state index contributed by atoms with van der Waals surface area (Å²) in [4.78, 5) is 11.7.